The van der Waals surface area contributed by atoms with Crippen molar-refractivity contribution in [3.63, 3.8) is 0 Å². The van der Waals surface area contributed by atoms with Crippen molar-refractivity contribution in [3.05, 3.63) is 99.0 Å². The number of imide groups is 1. The second-order valence-corrected chi connectivity index (χ2v) is 10.9. The highest BCUT2D eigenvalue weighted by molar-refractivity contribution is 6.44. The molecule has 1 heterocycles. The number of anilines is 1. The quantitative estimate of drug-likeness (QED) is 0.348. The molecule has 35 heavy (non-hydrogen) atoms. The molecule has 5 nitrogen and oxygen atoms in total. The lowest BCUT2D eigenvalue weighted by Gasteiger charge is -2.54. The Balaban J connectivity index is 1.42. The molecule has 1 aliphatic heterocycles. The monoisotopic (exact) mass is 544 g/mol. The van der Waals surface area contributed by atoms with E-state index in [0.717, 1.165) is 4.90 Å². The molecule has 0 spiro atoms. The van der Waals surface area contributed by atoms with Gasteiger partial charge < -0.3 is 5.32 Å². The zero-order valence-electron chi connectivity index (χ0n) is 17.9. The van der Waals surface area contributed by atoms with Gasteiger partial charge >= 0.3 is 0 Å². The van der Waals surface area contributed by atoms with Gasteiger partial charge in [-0.25, -0.2) is 0 Å². The average molecular weight is 546 g/mol. The van der Waals surface area contributed by atoms with Crippen LogP contribution in [-0.2, 0) is 24.1 Å². The maximum Gasteiger partial charge on any atom is 0.244 e. The summed E-state index contributed by atoms with van der Waals surface area (Å²) in [6, 6.07) is 19.5. The van der Waals surface area contributed by atoms with E-state index in [4.69, 9.17) is 46.4 Å². The Bertz CT molecular complexity index is 1330. The summed E-state index contributed by atoms with van der Waals surface area (Å²) in [5.41, 5.74) is 3.09. The number of benzene rings is 3. The Morgan fingerprint density at radius 2 is 1.23 bits per heavy atom. The molecule has 0 aromatic heterocycles. The van der Waals surface area contributed by atoms with E-state index in [1.165, 1.54) is 0 Å². The predicted octanol–water partition coefficient (Wildman–Crippen LogP) is 5.53. The molecule has 176 valence electrons. The zero-order chi connectivity index (χ0) is 24.7. The van der Waals surface area contributed by atoms with Crippen molar-refractivity contribution in [1.82, 2.24) is 4.90 Å². The highest BCUT2D eigenvalue weighted by atomic mass is 35.5. The molecule has 9 heteroatoms. The van der Waals surface area contributed by atoms with Gasteiger partial charge in [-0.2, -0.15) is 0 Å². The van der Waals surface area contributed by atoms with Crippen LogP contribution in [0.5, 0.6) is 0 Å². The summed E-state index contributed by atoms with van der Waals surface area (Å²) in [5.74, 6) is -3.57. The van der Waals surface area contributed by atoms with E-state index >= 15 is 0 Å². The number of alkyl halides is 2. The summed E-state index contributed by atoms with van der Waals surface area (Å²) < 4.78 is 0. The highest BCUT2D eigenvalue weighted by Gasteiger charge is 2.73. The fourth-order valence-corrected chi connectivity index (χ4v) is 7.26. The Labute approximate surface area is 220 Å². The highest BCUT2D eigenvalue weighted by Crippen LogP contribution is 2.69. The van der Waals surface area contributed by atoms with Gasteiger partial charge in [0.15, 0.2) is 0 Å². The van der Waals surface area contributed by atoms with Crippen LogP contribution < -0.4 is 5.32 Å². The minimum Gasteiger partial charge on any atom is -0.323 e. The first-order valence-corrected chi connectivity index (χ1v) is 12.4. The van der Waals surface area contributed by atoms with Gasteiger partial charge in [0.2, 0.25) is 17.7 Å². The van der Waals surface area contributed by atoms with E-state index < -0.39 is 45.9 Å². The van der Waals surface area contributed by atoms with E-state index in [9.17, 15) is 14.4 Å². The molecule has 1 fully saturated rings. The molecule has 3 aromatic carbocycles. The maximum absolute atomic E-state index is 13.8. The Morgan fingerprint density at radius 1 is 0.771 bits per heavy atom. The number of carbonyl (C=O) groups is 3. The number of carbonyl (C=O) groups excluding carboxylic acids is 3. The number of likely N-dealkylation sites (tertiary alicyclic amines) is 1. The van der Waals surface area contributed by atoms with Crippen molar-refractivity contribution >= 4 is 69.8 Å². The molecular weight excluding hydrogens is 530 g/mol. The van der Waals surface area contributed by atoms with Crippen LogP contribution in [0.2, 0.25) is 10.0 Å². The predicted molar refractivity (Wildman–Crippen MR) is 135 cm³/mol. The van der Waals surface area contributed by atoms with Gasteiger partial charge in [-0.1, -0.05) is 77.8 Å². The third-order valence-corrected chi connectivity index (χ3v) is 9.31. The summed E-state index contributed by atoms with van der Waals surface area (Å²) in [5, 5.41) is 3.06. The first kappa shape index (κ1) is 22.9. The van der Waals surface area contributed by atoms with E-state index in [2.05, 4.69) is 5.32 Å². The molecule has 2 atom stereocenters. The van der Waals surface area contributed by atoms with Crippen LogP contribution >= 0.6 is 46.4 Å². The van der Waals surface area contributed by atoms with Gasteiger partial charge in [0.05, 0.1) is 27.6 Å². The Hall–Kier alpha value is -2.57. The minimum absolute atomic E-state index is 0.165. The second-order valence-electron chi connectivity index (χ2n) is 8.88. The van der Waals surface area contributed by atoms with Gasteiger partial charge in [-0.05, 0) is 34.4 Å². The number of rotatable bonds is 3. The normalized spacial score (nSPS) is 27.9. The van der Waals surface area contributed by atoms with E-state index in [1.807, 2.05) is 48.5 Å². The molecule has 3 aliphatic carbocycles. The summed E-state index contributed by atoms with van der Waals surface area (Å²) >= 11 is 26.9. The van der Waals surface area contributed by atoms with Crippen LogP contribution in [0.4, 0.5) is 5.69 Å². The lowest BCUT2D eigenvalue weighted by Crippen LogP contribution is -2.57. The first-order valence-electron chi connectivity index (χ1n) is 10.9. The Morgan fingerprint density at radius 3 is 1.69 bits per heavy atom. The molecule has 7 rings (SSSR count). The van der Waals surface area contributed by atoms with E-state index in [1.54, 1.807) is 18.2 Å². The van der Waals surface area contributed by atoms with E-state index in [-0.39, 0.29) is 15.7 Å². The SMILES string of the molecule is O=C(CN1C(=O)[C@@H]2[C@@H](C1=O)C1(Cl)c3ccccc3C2(Cl)c2ccccc21)Nc1cccc(Cl)c1Cl. The Kier molecular flexibility index (Phi) is 5.04. The van der Waals surface area contributed by atoms with Crippen LogP contribution in [0.15, 0.2) is 66.7 Å². The molecule has 3 amide bonds. The standard InChI is InChI=1S/C26H16Cl4N2O3/c27-17-10-5-11-18(22(17)28)31-19(33)12-32-23(34)20-21(24(32)35)26(30)14-7-2-1-6-13(14)25(20,29)15-8-3-4-9-16(15)26/h1-11,20-21H,12H2,(H,31,33)/t20-,21-,25?,26?/m0/s1. The van der Waals surface area contributed by atoms with Crippen LogP contribution in [0.25, 0.3) is 0 Å². The van der Waals surface area contributed by atoms with Crippen LogP contribution in [0, 0.1) is 11.8 Å². The largest absolute Gasteiger partial charge is 0.323 e. The van der Waals surface area contributed by atoms with E-state index in [0.29, 0.717) is 22.3 Å². The minimum atomic E-state index is -1.29. The van der Waals surface area contributed by atoms with Gasteiger partial charge in [-0.15, -0.1) is 23.2 Å². The lowest BCUT2D eigenvalue weighted by atomic mass is 9.54. The van der Waals surface area contributed by atoms with Gasteiger partial charge in [0.1, 0.15) is 16.3 Å². The zero-order valence-corrected chi connectivity index (χ0v) is 20.9. The van der Waals surface area contributed by atoms with Gasteiger partial charge in [0, 0.05) is 0 Å². The fourth-order valence-electron chi connectivity index (χ4n) is 5.81. The van der Waals surface area contributed by atoms with Crippen molar-refractivity contribution < 1.29 is 14.4 Å². The van der Waals surface area contributed by atoms with Crippen molar-refractivity contribution in [2.75, 3.05) is 11.9 Å². The number of nitrogens with zero attached hydrogens (tertiary/aromatic N) is 1. The molecular formula is C26H16Cl4N2O3. The van der Waals surface area contributed by atoms with Crippen molar-refractivity contribution in [1.29, 1.82) is 0 Å². The number of hydrogen-bond acceptors (Lipinski definition) is 3. The summed E-state index contributed by atoms with van der Waals surface area (Å²) in [7, 11) is 0. The third-order valence-electron chi connectivity index (χ3n) is 7.20. The molecule has 3 aromatic rings. The smallest absolute Gasteiger partial charge is 0.244 e. The van der Waals surface area contributed by atoms with Crippen molar-refractivity contribution in [2.24, 2.45) is 11.8 Å². The van der Waals surface area contributed by atoms with Gasteiger partial charge in [0.25, 0.3) is 0 Å². The summed E-state index contributed by atoms with van der Waals surface area (Å²) in [6.07, 6.45) is 0. The molecule has 1 saturated heterocycles. The molecule has 4 aliphatic rings. The molecule has 0 radical (unpaired) electrons. The first-order chi connectivity index (χ1) is 16.7. The van der Waals surface area contributed by atoms with Crippen LogP contribution in [0.1, 0.15) is 22.3 Å². The van der Waals surface area contributed by atoms with Crippen LogP contribution in [-0.4, -0.2) is 29.2 Å². The topological polar surface area (TPSA) is 66.5 Å². The van der Waals surface area contributed by atoms with Crippen molar-refractivity contribution in [2.45, 2.75) is 9.75 Å². The molecule has 2 bridgehead atoms. The average Bonchev–Trinajstić information content (AvgIpc) is 3.11. The maximum atomic E-state index is 13.8. The van der Waals surface area contributed by atoms with Crippen molar-refractivity contribution in [3.8, 4) is 0 Å². The summed E-state index contributed by atoms with van der Waals surface area (Å²) in [4.78, 5) is 38.8. The molecule has 0 unspecified atom stereocenters. The number of hydrogen-bond donors (Lipinski definition) is 1. The molecule has 0 saturated carbocycles. The number of amides is 3. The third kappa shape index (κ3) is 2.87. The number of halogens is 4. The second kappa shape index (κ2) is 7.71. The van der Waals surface area contributed by atoms with Gasteiger partial charge in [-0.3, -0.25) is 19.3 Å². The lowest BCUT2D eigenvalue weighted by molar-refractivity contribution is -0.142. The van der Waals surface area contributed by atoms with Crippen LogP contribution in [0.3, 0.4) is 0 Å². The molecule has 1 N–H and O–H groups in total. The summed E-state index contributed by atoms with van der Waals surface area (Å²) in [6.45, 7) is -0.500. The number of nitrogens with one attached hydrogen (secondary N) is 1. The fraction of sp³-hybridized carbons (Fsp3) is 0.192.